The minimum absolute atomic E-state index is 0.0686. The Kier molecular flexibility index (Phi) is 2.35. The van der Waals surface area contributed by atoms with Crippen LogP contribution >= 0.6 is 0 Å². The second kappa shape index (κ2) is 3.93. The largest absolute Gasteiger partial charge is 0.454 e. The molecule has 4 nitrogen and oxygen atoms in total. The minimum atomic E-state index is -4.28. The summed E-state index contributed by atoms with van der Waals surface area (Å²) in [6.07, 6.45) is -2.66. The number of fused-ring (bicyclic) bond motifs is 2. The summed E-state index contributed by atoms with van der Waals surface area (Å²) in [4.78, 5) is 4.06. The van der Waals surface area contributed by atoms with Crippen LogP contribution in [0.25, 0.3) is 10.8 Å². The van der Waals surface area contributed by atoms with Crippen LogP contribution in [0.15, 0.2) is 24.4 Å². The molecule has 110 valence electrons. The summed E-state index contributed by atoms with van der Waals surface area (Å²) in [5.74, 6) is 1.34. The molecule has 1 aliphatic carbocycles. The first-order chi connectivity index (χ1) is 9.98. The predicted octanol–water partition coefficient (Wildman–Crippen LogP) is 3.47. The van der Waals surface area contributed by atoms with Crippen LogP contribution in [0.5, 0.6) is 11.5 Å². The van der Waals surface area contributed by atoms with Crippen molar-refractivity contribution in [3.05, 3.63) is 24.4 Å². The number of nitrogens with zero attached hydrogens (tertiary/aromatic N) is 1. The zero-order valence-corrected chi connectivity index (χ0v) is 10.8. The summed E-state index contributed by atoms with van der Waals surface area (Å²) in [5, 5.41) is 3.92. The lowest BCUT2D eigenvalue weighted by Gasteiger charge is -2.22. The Morgan fingerprint density at radius 1 is 1.14 bits per heavy atom. The summed E-state index contributed by atoms with van der Waals surface area (Å²) in [7, 11) is 0. The van der Waals surface area contributed by atoms with Gasteiger partial charge >= 0.3 is 6.18 Å². The zero-order valence-electron chi connectivity index (χ0n) is 10.8. The number of hydrogen-bond acceptors (Lipinski definition) is 4. The summed E-state index contributed by atoms with van der Waals surface area (Å²) >= 11 is 0. The van der Waals surface area contributed by atoms with E-state index in [2.05, 4.69) is 10.3 Å². The highest BCUT2D eigenvalue weighted by Gasteiger charge is 2.63. The Labute approximate surface area is 117 Å². The van der Waals surface area contributed by atoms with Gasteiger partial charge in [0.2, 0.25) is 6.79 Å². The molecule has 1 aromatic carbocycles. The highest BCUT2D eigenvalue weighted by Crippen LogP contribution is 2.51. The third-order valence-corrected chi connectivity index (χ3v) is 3.91. The van der Waals surface area contributed by atoms with Gasteiger partial charge in [0, 0.05) is 11.6 Å². The van der Waals surface area contributed by atoms with Crippen molar-refractivity contribution < 1.29 is 22.6 Å². The van der Waals surface area contributed by atoms with Crippen LogP contribution in [-0.2, 0) is 0 Å². The molecule has 1 saturated carbocycles. The Balaban J connectivity index is 1.79. The highest BCUT2D eigenvalue weighted by molar-refractivity contribution is 5.94. The number of rotatable bonds is 2. The van der Waals surface area contributed by atoms with Gasteiger partial charge in [-0.2, -0.15) is 13.2 Å². The molecule has 2 heterocycles. The Morgan fingerprint density at radius 3 is 2.52 bits per heavy atom. The van der Waals surface area contributed by atoms with Gasteiger partial charge in [-0.1, -0.05) is 0 Å². The molecule has 1 aromatic heterocycles. The lowest BCUT2D eigenvalue weighted by molar-refractivity contribution is -0.151. The fourth-order valence-electron chi connectivity index (χ4n) is 2.49. The van der Waals surface area contributed by atoms with E-state index in [1.165, 1.54) is 6.20 Å². The molecule has 4 rings (SSSR count). The number of anilines is 1. The average molecular weight is 296 g/mol. The normalized spacial score (nSPS) is 18.8. The van der Waals surface area contributed by atoms with Crippen LogP contribution in [-0.4, -0.2) is 23.5 Å². The second-order valence-electron chi connectivity index (χ2n) is 5.29. The maximum absolute atomic E-state index is 13.1. The minimum Gasteiger partial charge on any atom is -0.454 e. The molecule has 0 amide bonds. The van der Waals surface area contributed by atoms with Crippen molar-refractivity contribution in [1.82, 2.24) is 4.98 Å². The third kappa shape index (κ3) is 1.87. The van der Waals surface area contributed by atoms with Crippen LogP contribution in [0, 0.1) is 0 Å². The fraction of sp³-hybridized carbons (Fsp3) is 0.357. The number of nitrogens with one attached hydrogen (secondary N) is 1. The van der Waals surface area contributed by atoms with Gasteiger partial charge in [0.15, 0.2) is 11.5 Å². The molecule has 2 aliphatic rings. The lowest BCUT2D eigenvalue weighted by Crippen LogP contribution is -2.38. The Morgan fingerprint density at radius 2 is 1.86 bits per heavy atom. The van der Waals surface area contributed by atoms with Gasteiger partial charge in [0.25, 0.3) is 0 Å². The lowest BCUT2D eigenvalue weighted by atomic mass is 10.1. The molecule has 0 saturated heterocycles. The first kappa shape index (κ1) is 12.6. The molecule has 0 unspecified atom stereocenters. The molecule has 2 aromatic rings. The summed E-state index contributed by atoms with van der Waals surface area (Å²) in [6, 6.07) is 5.15. The summed E-state index contributed by atoms with van der Waals surface area (Å²) in [5.41, 5.74) is -1.84. The molecule has 1 aliphatic heterocycles. The van der Waals surface area contributed by atoms with Crippen molar-refractivity contribution in [2.75, 3.05) is 12.1 Å². The molecule has 0 atom stereocenters. The predicted molar refractivity (Wildman–Crippen MR) is 69.5 cm³/mol. The van der Waals surface area contributed by atoms with Crippen LogP contribution in [0.3, 0.4) is 0 Å². The number of halogens is 3. The topological polar surface area (TPSA) is 43.4 Å². The van der Waals surface area contributed by atoms with Crippen LogP contribution in [0.2, 0.25) is 0 Å². The zero-order chi connectivity index (χ0) is 14.7. The monoisotopic (exact) mass is 296 g/mol. The number of benzene rings is 1. The maximum atomic E-state index is 13.1. The average Bonchev–Trinajstić information content (AvgIpc) is 3.08. The molecular formula is C14H11F3N2O2. The van der Waals surface area contributed by atoms with E-state index in [1.54, 1.807) is 18.2 Å². The van der Waals surface area contributed by atoms with Crippen molar-refractivity contribution in [3.63, 3.8) is 0 Å². The van der Waals surface area contributed by atoms with E-state index < -0.39 is 11.7 Å². The van der Waals surface area contributed by atoms with Crippen LogP contribution in [0.1, 0.15) is 12.8 Å². The van der Waals surface area contributed by atoms with Gasteiger partial charge in [0.05, 0.1) is 0 Å². The third-order valence-electron chi connectivity index (χ3n) is 3.91. The SMILES string of the molecule is FC(F)(F)C1(Nc2nccc3cc4c(cc23)OCO4)CC1. The van der Waals surface area contributed by atoms with Crippen molar-refractivity contribution in [1.29, 1.82) is 0 Å². The molecule has 0 spiro atoms. The highest BCUT2D eigenvalue weighted by atomic mass is 19.4. The maximum Gasteiger partial charge on any atom is 0.411 e. The van der Waals surface area contributed by atoms with Gasteiger partial charge < -0.3 is 14.8 Å². The Hall–Kier alpha value is -2.18. The van der Waals surface area contributed by atoms with Crippen molar-refractivity contribution in [2.45, 2.75) is 24.6 Å². The smallest absolute Gasteiger partial charge is 0.411 e. The van der Waals surface area contributed by atoms with Crippen molar-refractivity contribution >= 4 is 16.6 Å². The number of aromatic nitrogens is 1. The van der Waals surface area contributed by atoms with E-state index in [-0.39, 0.29) is 25.5 Å². The van der Waals surface area contributed by atoms with E-state index in [9.17, 15) is 13.2 Å². The fourth-order valence-corrected chi connectivity index (χ4v) is 2.49. The van der Waals surface area contributed by atoms with E-state index >= 15 is 0 Å². The first-order valence-electron chi connectivity index (χ1n) is 6.52. The van der Waals surface area contributed by atoms with Gasteiger partial charge in [-0.3, -0.25) is 0 Å². The second-order valence-corrected chi connectivity index (χ2v) is 5.29. The number of pyridine rings is 1. The van der Waals surface area contributed by atoms with E-state index in [0.717, 1.165) is 5.39 Å². The van der Waals surface area contributed by atoms with Gasteiger partial charge in [-0.05, 0) is 36.4 Å². The van der Waals surface area contributed by atoms with Gasteiger partial charge in [-0.15, -0.1) is 0 Å². The molecule has 1 fully saturated rings. The van der Waals surface area contributed by atoms with Crippen molar-refractivity contribution in [2.24, 2.45) is 0 Å². The van der Waals surface area contributed by atoms with E-state index in [1.807, 2.05) is 0 Å². The van der Waals surface area contributed by atoms with Crippen LogP contribution < -0.4 is 14.8 Å². The molecule has 21 heavy (non-hydrogen) atoms. The number of hydrogen-bond donors (Lipinski definition) is 1. The molecular weight excluding hydrogens is 285 g/mol. The van der Waals surface area contributed by atoms with Crippen LogP contribution in [0.4, 0.5) is 19.0 Å². The number of ether oxygens (including phenoxy) is 2. The van der Waals surface area contributed by atoms with E-state index in [0.29, 0.717) is 16.9 Å². The standard InChI is InChI=1S/C14H11F3N2O2/c15-14(16,17)13(2-3-13)19-12-9-6-11-10(20-7-21-11)5-8(9)1-4-18-12/h1,4-6H,2-3,7H2,(H,18,19). The summed E-state index contributed by atoms with van der Waals surface area (Å²) < 4.78 is 49.7. The first-order valence-corrected chi connectivity index (χ1v) is 6.52. The van der Waals surface area contributed by atoms with Gasteiger partial charge in [-0.25, -0.2) is 4.98 Å². The van der Waals surface area contributed by atoms with Crippen molar-refractivity contribution in [3.8, 4) is 11.5 Å². The molecule has 1 N–H and O–H groups in total. The molecule has 0 bridgehead atoms. The quantitative estimate of drug-likeness (QED) is 0.921. The summed E-state index contributed by atoms with van der Waals surface area (Å²) in [6.45, 7) is 0.119. The van der Waals surface area contributed by atoms with E-state index in [4.69, 9.17) is 9.47 Å². The molecule has 0 radical (unpaired) electrons. The molecule has 7 heteroatoms. The Bertz CT molecular complexity index is 726. The number of alkyl halides is 3. The van der Waals surface area contributed by atoms with Gasteiger partial charge in [0.1, 0.15) is 11.4 Å².